The van der Waals surface area contributed by atoms with Crippen molar-refractivity contribution in [2.45, 2.75) is 12.5 Å². The summed E-state index contributed by atoms with van der Waals surface area (Å²) in [4.78, 5) is 20.3. The van der Waals surface area contributed by atoms with Crippen LogP contribution < -0.4 is 10.5 Å². The summed E-state index contributed by atoms with van der Waals surface area (Å²) in [5.74, 6) is -3.14. The van der Waals surface area contributed by atoms with Crippen LogP contribution in [0.25, 0.3) is 0 Å². The van der Waals surface area contributed by atoms with Crippen LogP contribution in [0, 0.1) is 0 Å². The number of sulfonamides is 1. The largest absolute Gasteiger partial charge is 0.480 e. The quantitative estimate of drug-likeness (QED) is 0.394. The Balaban J connectivity index is 4.05. The summed E-state index contributed by atoms with van der Waals surface area (Å²) in [6.45, 7) is -0.732. The van der Waals surface area contributed by atoms with Gasteiger partial charge in [-0.2, -0.15) is 0 Å². The molecule has 0 heterocycles. The first-order chi connectivity index (χ1) is 6.74. The molecule has 0 fully saturated rings. The summed E-state index contributed by atoms with van der Waals surface area (Å²) >= 11 is 0. The molecule has 0 amide bonds. The first kappa shape index (κ1) is 13.8. The Hall–Kier alpha value is -1.19. The zero-order valence-corrected chi connectivity index (χ0v) is 8.53. The highest BCUT2D eigenvalue weighted by atomic mass is 32.2. The Kier molecular flexibility index (Phi) is 5.19. The summed E-state index contributed by atoms with van der Waals surface area (Å²) in [6.07, 6.45) is -0.274. The third-order valence-electron chi connectivity index (χ3n) is 1.46. The van der Waals surface area contributed by atoms with Gasteiger partial charge in [-0.3, -0.25) is 9.59 Å². The molecule has 8 nitrogen and oxygen atoms in total. The lowest BCUT2D eigenvalue weighted by Gasteiger charge is -2.07. The van der Waals surface area contributed by atoms with Gasteiger partial charge in [0, 0.05) is 0 Å². The molecule has 0 bridgehead atoms. The van der Waals surface area contributed by atoms with Crippen molar-refractivity contribution in [3.63, 3.8) is 0 Å². The number of nitrogens with one attached hydrogen (secondary N) is 1. The summed E-state index contributed by atoms with van der Waals surface area (Å²) < 4.78 is 23.9. The van der Waals surface area contributed by atoms with Crippen molar-refractivity contribution >= 4 is 22.0 Å². The summed E-state index contributed by atoms with van der Waals surface area (Å²) in [5, 5.41) is 16.6. The Morgan fingerprint density at radius 1 is 1.33 bits per heavy atom. The van der Waals surface area contributed by atoms with Gasteiger partial charge < -0.3 is 15.9 Å². The highest BCUT2D eigenvalue weighted by molar-refractivity contribution is 7.89. The van der Waals surface area contributed by atoms with Gasteiger partial charge in [0.1, 0.15) is 12.6 Å². The Bertz CT molecular complexity index is 338. The number of carboxylic acids is 2. The molecular weight excluding hydrogens is 228 g/mol. The van der Waals surface area contributed by atoms with Crippen LogP contribution >= 0.6 is 0 Å². The number of carboxylic acid groups (broad SMARTS) is 2. The van der Waals surface area contributed by atoms with Crippen LogP contribution in [0.3, 0.4) is 0 Å². The first-order valence-corrected chi connectivity index (χ1v) is 5.57. The number of rotatable bonds is 7. The molecule has 88 valence electrons. The van der Waals surface area contributed by atoms with Crippen molar-refractivity contribution in [1.29, 1.82) is 0 Å². The second-order valence-electron chi connectivity index (χ2n) is 2.77. The number of aliphatic carboxylic acids is 2. The van der Waals surface area contributed by atoms with Crippen molar-refractivity contribution in [1.82, 2.24) is 4.72 Å². The highest BCUT2D eigenvalue weighted by Gasteiger charge is 2.17. The minimum Gasteiger partial charge on any atom is -0.480 e. The molecular formula is C6H12N2O6S. The van der Waals surface area contributed by atoms with E-state index >= 15 is 0 Å². The molecule has 0 aliphatic rings. The van der Waals surface area contributed by atoms with Crippen molar-refractivity contribution in [3.8, 4) is 0 Å². The summed E-state index contributed by atoms with van der Waals surface area (Å²) in [6, 6.07) is -1.27. The maximum atomic E-state index is 11.0. The van der Waals surface area contributed by atoms with E-state index in [4.69, 9.17) is 15.9 Å². The first-order valence-electron chi connectivity index (χ1n) is 3.92. The van der Waals surface area contributed by atoms with E-state index in [-0.39, 0.29) is 6.42 Å². The van der Waals surface area contributed by atoms with Crippen molar-refractivity contribution < 1.29 is 28.2 Å². The zero-order valence-electron chi connectivity index (χ0n) is 7.71. The zero-order chi connectivity index (χ0) is 12.1. The van der Waals surface area contributed by atoms with Crippen LogP contribution in [0.2, 0.25) is 0 Å². The molecule has 0 spiro atoms. The van der Waals surface area contributed by atoms with Crippen LogP contribution in [0.5, 0.6) is 0 Å². The van der Waals surface area contributed by atoms with Gasteiger partial charge >= 0.3 is 11.9 Å². The van der Waals surface area contributed by atoms with Gasteiger partial charge in [0.15, 0.2) is 0 Å². The second kappa shape index (κ2) is 5.63. The van der Waals surface area contributed by atoms with E-state index in [0.29, 0.717) is 0 Å². The molecule has 0 aromatic heterocycles. The average molecular weight is 240 g/mol. The maximum Gasteiger partial charge on any atom is 0.320 e. The van der Waals surface area contributed by atoms with Gasteiger partial charge in [-0.15, -0.1) is 0 Å². The van der Waals surface area contributed by atoms with E-state index in [1.807, 2.05) is 0 Å². The molecule has 0 rings (SSSR count). The maximum absolute atomic E-state index is 11.0. The van der Waals surface area contributed by atoms with Crippen molar-refractivity contribution in [2.24, 2.45) is 5.73 Å². The molecule has 1 unspecified atom stereocenters. The fourth-order valence-corrected chi connectivity index (χ4v) is 1.70. The van der Waals surface area contributed by atoms with Crippen LogP contribution in [0.1, 0.15) is 6.42 Å². The molecule has 9 heteroatoms. The lowest BCUT2D eigenvalue weighted by Crippen LogP contribution is -2.36. The minimum atomic E-state index is -3.78. The third kappa shape index (κ3) is 6.82. The Morgan fingerprint density at radius 2 is 1.87 bits per heavy atom. The molecule has 0 aromatic carbocycles. The molecule has 0 saturated heterocycles. The third-order valence-corrected chi connectivity index (χ3v) is 2.82. The monoisotopic (exact) mass is 240 g/mol. The predicted molar refractivity (Wildman–Crippen MR) is 49.7 cm³/mol. The van der Waals surface area contributed by atoms with E-state index in [2.05, 4.69) is 0 Å². The van der Waals surface area contributed by atoms with Crippen LogP contribution in [-0.2, 0) is 19.6 Å². The van der Waals surface area contributed by atoms with E-state index in [0.717, 1.165) is 0 Å². The van der Waals surface area contributed by atoms with Crippen LogP contribution in [-0.4, -0.2) is 48.9 Å². The fraction of sp³-hybridized carbons (Fsp3) is 0.667. The van der Waals surface area contributed by atoms with Gasteiger partial charge in [0.2, 0.25) is 10.0 Å². The Morgan fingerprint density at radius 3 is 2.27 bits per heavy atom. The SMILES string of the molecule is NC(CCS(=O)(=O)NCC(=O)O)C(=O)O. The minimum absolute atomic E-state index is 0.274. The molecule has 0 radical (unpaired) electrons. The van der Waals surface area contributed by atoms with E-state index in [1.165, 1.54) is 0 Å². The van der Waals surface area contributed by atoms with Gasteiger partial charge in [0.25, 0.3) is 0 Å². The number of carbonyl (C=O) groups is 2. The van der Waals surface area contributed by atoms with Gasteiger partial charge in [0.05, 0.1) is 5.75 Å². The predicted octanol–water partition coefficient (Wildman–Crippen LogP) is -2.21. The second-order valence-corrected chi connectivity index (χ2v) is 4.69. The topological polar surface area (TPSA) is 147 Å². The highest BCUT2D eigenvalue weighted by Crippen LogP contribution is 1.94. The van der Waals surface area contributed by atoms with Crippen molar-refractivity contribution in [2.75, 3.05) is 12.3 Å². The molecule has 15 heavy (non-hydrogen) atoms. The smallest absolute Gasteiger partial charge is 0.320 e. The number of hydrogen-bond acceptors (Lipinski definition) is 5. The molecule has 5 N–H and O–H groups in total. The normalized spacial score (nSPS) is 13.4. The van der Waals surface area contributed by atoms with E-state index in [9.17, 15) is 18.0 Å². The van der Waals surface area contributed by atoms with Gasteiger partial charge in [-0.25, -0.2) is 13.1 Å². The summed E-state index contributed by atoms with van der Waals surface area (Å²) in [5.41, 5.74) is 5.07. The van der Waals surface area contributed by atoms with E-state index in [1.54, 1.807) is 4.72 Å². The molecule has 0 aliphatic heterocycles. The Labute approximate surface area is 86.1 Å². The summed E-state index contributed by atoms with van der Waals surface area (Å²) in [7, 11) is -3.78. The lowest BCUT2D eigenvalue weighted by atomic mass is 10.2. The standard InChI is InChI=1S/C6H12N2O6S/c7-4(6(11)12)1-2-15(13,14)8-3-5(9)10/h4,8H,1-3,7H2,(H,9,10)(H,11,12). The fourth-order valence-electron chi connectivity index (χ4n) is 0.649. The lowest BCUT2D eigenvalue weighted by molar-refractivity contribution is -0.138. The number of hydrogen-bond donors (Lipinski definition) is 4. The molecule has 1 atom stereocenters. The van der Waals surface area contributed by atoms with Crippen LogP contribution in [0.4, 0.5) is 0 Å². The van der Waals surface area contributed by atoms with Gasteiger partial charge in [-0.05, 0) is 6.42 Å². The molecule has 0 aromatic rings. The van der Waals surface area contributed by atoms with Gasteiger partial charge in [-0.1, -0.05) is 0 Å². The average Bonchev–Trinajstić information content (AvgIpc) is 2.11. The molecule has 0 aliphatic carbocycles. The van der Waals surface area contributed by atoms with E-state index < -0.39 is 40.3 Å². The van der Waals surface area contributed by atoms with Crippen LogP contribution in [0.15, 0.2) is 0 Å². The van der Waals surface area contributed by atoms with Crippen molar-refractivity contribution in [3.05, 3.63) is 0 Å². The number of nitrogens with two attached hydrogens (primary N) is 1. The molecule has 0 saturated carbocycles.